The summed E-state index contributed by atoms with van der Waals surface area (Å²) in [7, 11) is -11.2. The van der Waals surface area contributed by atoms with Gasteiger partial charge in [-0.25, -0.2) is 71.1 Å². The fraction of sp³-hybridized carbons (Fsp3) is 0.639. The lowest BCUT2D eigenvalue weighted by Crippen LogP contribution is -2.34. The molecule has 0 amide bonds. The molecule has 6 fully saturated rings. The standard InChI is InChI=1S/2C22H24F2N8O10P2S.2C6H15N.C5H14OSi/c2*1-8-10-3-38-44(36,45)42-16-11(40-21(13(16)24)32-7-30-14-17(25)26-5-28-19(14)32)4-37-43(34,35)41-15(8)22(39-10)31-2-9(23)12-18(31)27-6-29-20(12)33;2*1-4-7(5-2)6-3;1-5-6-7(2,3)4/h2*2,5-8,10-11,13,15-16,21-22H,3-4H2,1H3,(H,34,35)(H,36,45)(H2,25,26,28)(H,27,29,33);2*4-6H2,1-3H3;5H2,1-4H3/t2*8-,10-,11-,13-,15-,16-,21-,22-,44?;;;/m11.../s1. The van der Waals surface area contributed by atoms with Crippen molar-refractivity contribution in [3.63, 3.8) is 0 Å². The van der Waals surface area contributed by atoms with Gasteiger partial charge in [0.15, 0.2) is 91.4 Å². The molecule has 50 heteroatoms. The molecule has 6 aliphatic heterocycles. The lowest BCUT2D eigenvalue weighted by molar-refractivity contribution is -0.0641. The minimum absolute atomic E-state index is 0.0310. The van der Waals surface area contributed by atoms with Crippen molar-refractivity contribution < 1.29 is 106 Å². The number of hydrogen-bond acceptors (Lipinski definition) is 31. The van der Waals surface area contributed by atoms with Crippen LogP contribution in [0.25, 0.3) is 44.4 Å². The Hall–Kier alpha value is -5.55. The molecule has 39 nitrogen and oxygen atoms in total. The van der Waals surface area contributed by atoms with Gasteiger partial charge in [-0.2, -0.15) is 0 Å². The number of ether oxygens (including phenoxy) is 4. The molecular weight excluding hydrogens is 1610 g/mol. The monoisotopic (exact) mass is 1700 g/mol. The van der Waals surface area contributed by atoms with Crippen LogP contribution in [0.15, 0.2) is 59.9 Å². The first kappa shape index (κ1) is 87.8. The van der Waals surface area contributed by atoms with Gasteiger partial charge in [0.2, 0.25) is 0 Å². The van der Waals surface area contributed by atoms with Gasteiger partial charge in [0.1, 0.15) is 71.1 Å². The lowest BCUT2D eigenvalue weighted by Gasteiger charge is -2.26. The number of phosphoric ester groups is 2. The molecule has 4 bridgehead atoms. The quantitative estimate of drug-likeness (QED) is 0.0251. The largest absolute Gasteiger partial charge is 0.472 e. The van der Waals surface area contributed by atoms with Crippen molar-refractivity contribution in [1.82, 2.24) is 77.9 Å². The summed E-state index contributed by atoms with van der Waals surface area (Å²) in [6.45, 7) is 21.8. The Morgan fingerprint density at radius 3 is 1.30 bits per heavy atom. The number of thiol groups is 1. The molecule has 8 aromatic heterocycles. The van der Waals surface area contributed by atoms with Gasteiger partial charge in [-0.05, 0) is 77.6 Å². The smallest absolute Gasteiger partial charge is 0.418 e. The van der Waals surface area contributed by atoms with E-state index in [1.165, 1.54) is 61.1 Å². The van der Waals surface area contributed by atoms with Crippen molar-refractivity contribution in [3.8, 4) is 0 Å². The van der Waals surface area contributed by atoms with Gasteiger partial charge in [-0.3, -0.25) is 50.4 Å². The number of nitrogen functional groups attached to an aromatic ring is 2. The van der Waals surface area contributed by atoms with Crippen molar-refractivity contribution in [3.05, 3.63) is 82.7 Å². The molecule has 6 aliphatic rings. The Kier molecular flexibility index (Phi) is 29.1. The molecular formula is C61H92F4N18O21P4S2Si. The molecule has 4 unspecified atom stereocenters. The fourth-order valence-corrected chi connectivity index (χ4v) is 18.8. The second-order valence-electron chi connectivity index (χ2n) is 26.8. The summed E-state index contributed by atoms with van der Waals surface area (Å²) in [6.07, 6.45) is -11.9. The number of nitrogens with zero attached hydrogens (tertiary/aromatic N) is 14. The first-order valence-electron chi connectivity index (χ1n) is 35.4. The van der Waals surface area contributed by atoms with Crippen molar-refractivity contribution in [2.45, 2.75) is 168 Å². The van der Waals surface area contributed by atoms with Gasteiger partial charge >= 0.3 is 29.2 Å². The molecule has 0 aromatic carbocycles. The second-order valence-corrected chi connectivity index (χ2v) is 39.8. The average molecular weight is 1710 g/mol. The molecule has 0 radical (unpaired) electrons. The van der Waals surface area contributed by atoms with Crippen molar-refractivity contribution >= 4 is 118 Å². The highest BCUT2D eigenvalue weighted by molar-refractivity contribution is 8.44. The third-order valence-corrected chi connectivity index (χ3v) is 25.1. The van der Waals surface area contributed by atoms with Crippen LogP contribution in [0.3, 0.4) is 0 Å². The van der Waals surface area contributed by atoms with E-state index in [9.17, 15) is 46.7 Å². The van der Waals surface area contributed by atoms with Gasteiger partial charge in [0.25, 0.3) is 11.1 Å². The summed E-state index contributed by atoms with van der Waals surface area (Å²) in [6, 6.07) is 0. The average Bonchev–Trinajstić information content (AvgIpc) is 1.61. The molecule has 9 N–H and O–H groups in total. The number of alkyl halides is 2. The van der Waals surface area contributed by atoms with Crippen LogP contribution < -0.4 is 22.6 Å². The molecule has 0 aliphatic carbocycles. The van der Waals surface area contributed by atoms with E-state index in [-0.39, 0.29) is 56.0 Å². The highest BCUT2D eigenvalue weighted by Gasteiger charge is 2.56. The van der Waals surface area contributed by atoms with E-state index in [1.54, 1.807) is 13.8 Å². The van der Waals surface area contributed by atoms with Crippen LogP contribution >= 0.6 is 41.4 Å². The third kappa shape index (κ3) is 20.3. The fourth-order valence-electron chi connectivity index (χ4n) is 13.0. The predicted octanol–water partition coefficient (Wildman–Crippen LogP) is 7.75. The maximum absolute atomic E-state index is 16.0. The first-order valence-corrected chi connectivity index (χ1v) is 47.1. The molecule has 20 atom stereocenters. The number of aromatic nitrogens is 14. The number of phosphoric acid groups is 2. The molecule has 14 rings (SSSR count). The first-order chi connectivity index (χ1) is 52.4. The zero-order valence-corrected chi connectivity index (χ0v) is 68.7. The number of rotatable bonds is 12. The number of nitrogens with two attached hydrogens (primary N) is 2. The van der Waals surface area contributed by atoms with E-state index in [0.29, 0.717) is 0 Å². The number of imidazole rings is 2. The van der Waals surface area contributed by atoms with Gasteiger partial charge in [0, 0.05) is 30.8 Å². The zero-order valence-electron chi connectivity index (χ0n) is 62.4. The van der Waals surface area contributed by atoms with Crippen LogP contribution in [0.5, 0.6) is 0 Å². The normalized spacial score (nSPS) is 32.6. The van der Waals surface area contributed by atoms with Gasteiger partial charge in [0.05, 0.1) is 63.9 Å². The number of aromatic amines is 2. The van der Waals surface area contributed by atoms with Crippen LogP contribution in [0.4, 0.5) is 29.2 Å². The highest BCUT2D eigenvalue weighted by atomic mass is 32.7. The minimum Gasteiger partial charge on any atom is -0.418 e. The number of hydrogen-bond donors (Lipinski definition) is 8. The van der Waals surface area contributed by atoms with Gasteiger partial charge in [-0.15, -0.1) is 0 Å². The summed E-state index contributed by atoms with van der Waals surface area (Å²) >= 11 is 9.19. The van der Waals surface area contributed by atoms with E-state index < -0.39 is 185 Å². The summed E-state index contributed by atoms with van der Waals surface area (Å²) in [5.41, 5.74) is 10.5. The minimum atomic E-state index is -5.00. The van der Waals surface area contributed by atoms with E-state index in [2.05, 4.69) is 133 Å². The van der Waals surface area contributed by atoms with E-state index >= 15 is 8.78 Å². The Morgan fingerprint density at radius 1 is 0.550 bits per heavy atom. The number of anilines is 2. The summed E-state index contributed by atoms with van der Waals surface area (Å²) in [4.78, 5) is 98.3. The van der Waals surface area contributed by atoms with Gasteiger partial charge in [-0.1, -0.05) is 67.6 Å². The van der Waals surface area contributed by atoms with Crippen LogP contribution in [0, 0.1) is 23.5 Å². The third-order valence-electron chi connectivity index (χ3n) is 18.8. The van der Waals surface area contributed by atoms with E-state index in [1.807, 2.05) is 6.92 Å². The maximum Gasteiger partial charge on any atom is 0.472 e. The molecule has 111 heavy (non-hydrogen) atoms. The zero-order chi connectivity index (χ0) is 81.0. The van der Waals surface area contributed by atoms with E-state index in [4.69, 9.17) is 82.8 Å². The molecule has 8 aromatic rings. The summed E-state index contributed by atoms with van der Waals surface area (Å²) < 4.78 is 179. The van der Waals surface area contributed by atoms with Crippen LogP contribution in [-0.4, -0.2) is 234 Å². The molecule has 0 saturated carbocycles. The number of nitrogens with one attached hydrogen (secondary N) is 2. The Balaban J connectivity index is 0.000000187. The maximum atomic E-state index is 16.0. The Morgan fingerprint density at radius 2 is 0.928 bits per heavy atom. The van der Waals surface area contributed by atoms with E-state index in [0.717, 1.165) is 53.4 Å². The SMILES string of the molecule is CCN(CC)CC.CCN(CC)CC.CCO[Si](C)(C)C.C[C@H]1[C@H]2OP(=O)(O)OC[C@H]3O[C@@H](n4cnc5c(N)ncnc54)[C@H](F)[C@@H]3OP(=O)(S)OC[C@H]1O[C@H]2n1cc(F)c2c(=O)[nH]cnc21.C[C@H]1[C@H]2OP(=O)(O)OC[C@H]3O[C@@H](n4cnc5c(N)ncnc54)[C@H](F)[C@@H]3OP(O)(=S)OC[C@H]1O[C@H]2n1cc(F)c2c(=O)[nH]cnc21. The summed E-state index contributed by atoms with van der Waals surface area (Å²) in [5, 5.41) is -0.748. The van der Waals surface area contributed by atoms with Crippen LogP contribution in [0.2, 0.25) is 19.6 Å². The number of fused-ring (bicyclic) bond motifs is 10. The predicted molar refractivity (Wildman–Crippen MR) is 402 cm³/mol. The topological polar surface area (TPSA) is 479 Å². The molecule has 0 spiro atoms. The van der Waals surface area contributed by atoms with Gasteiger partial charge < -0.3 is 82.9 Å². The van der Waals surface area contributed by atoms with Crippen molar-refractivity contribution in [1.29, 1.82) is 0 Å². The van der Waals surface area contributed by atoms with Crippen molar-refractivity contribution in [2.75, 3.05) is 83.8 Å². The molecule has 6 saturated heterocycles. The number of H-pyrrole nitrogens is 2. The van der Waals surface area contributed by atoms with Crippen LogP contribution in [0.1, 0.15) is 87.2 Å². The highest BCUT2D eigenvalue weighted by Crippen LogP contribution is 2.60. The summed E-state index contributed by atoms with van der Waals surface area (Å²) in [5.74, 6) is -3.34. The second kappa shape index (κ2) is 36.7. The Bertz CT molecular complexity index is 4540. The molecule has 616 valence electrons. The van der Waals surface area contributed by atoms with Crippen LogP contribution in [-0.2, 0) is 85.1 Å². The number of halogens is 4. The lowest BCUT2D eigenvalue weighted by atomic mass is 10.0. The van der Waals surface area contributed by atoms with Crippen molar-refractivity contribution in [2.24, 2.45) is 11.8 Å². The Labute approximate surface area is 644 Å². The molecule has 14 heterocycles.